The Kier molecular flexibility index (Phi) is 5.39. The average molecular weight is 382 g/mol. The molecule has 0 spiro atoms. The van der Waals surface area contributed by atoms with Crippen LogP contribution in [0.5, 0.6) is 0 Å². The zero-order chi connectivity index (χ0) is 20.3. The van der Waals surface area contributed by atoms with Crippen LogP contribution < -0.4 is 11.1 Å². The summed E-state index contributed by atoms with van der Waals surface area (Å²) in [6, 6.07) is 12.8. The Morgan fingerprint density at radius 1 is 1.14 bits per heavy atom. The molecule has 2 amide bonds. The Labute approximate surface area is 160 Å². The van der Waals surface area contributed by atoms with Crippen LogP contribution in [0.3, 0.4) is 0 Å². The second kappa shape index (κ2) is 7.91. The van der Waals surface area contributed by atoms with Crippen molar-refractivity contribution in [3.05, 3.63) is 65.2 Å². The van der Waals surface area contributed by atoms with Gasteiger partial charge in [0.05, 0.1) is 5.56 Å². The first kappa shape index (κ1) is 19.1. The number of hydrogen-bond acceptors (Lipinski definition) is 6. The number of hydrogen-bond donors (Lipinski definition) is 2. The van der Waals surface area contributed by atoms with Crippen LogP contribution in [-0.2, 0) is 25.5 Å². The van der Waals surface area contributed by atoms with Gasteiger partial charge >= 0.3 is 11.9 Å². The van der Waals surface area contributed by atoms with Crippen LogP contribution in [-0.4, -0.2) is 36.0 Å². The van der Waals surface area contributed by atoms with Gasteiger partial charge in [0, 0.05) is 17.7 Å². The monoisotopic (exact) mass is 382 g/mol. The van der Waals surface area contributed by atoms with Crippen molar-refractivity contribution in [3.63, 3.8) is 0 Å². The standard InChI is InChI=1S/C20H18N2O6/c1-11(18(24)22-14-8-6-12(7-9-14)17(21)23)27-20(26)16-10-13-4-2-3-5-15(13)19(25)28-16/h2-9,11,16H,10H2,1H3,(H2,21,23)(H,22,24)/t11-,16-/m1/s1. The molecule has 144 valence electrons. The molecule has 0 radical (unpaired) electrons. The van der Waals surface area contributed by atoms with E-state index in [0.29, 0.717) is 22.4 Å². The molecule has 3 rings (SSSR count). The van der Waals surface area contributed by atoms with E-state index in [-0.39, 0.29) is 6.42 Å². The third-order valence-corrected chi connectivity index (χ3v) is 4.25. The first-order valence-corrected chi connectivity index (χ1v) is 8.55. The van der Waals surface area contributed by atoms with Gasteiger partial charge in [0.1, 0.15) is 0 Å². The van der Waals surface area contributed by atoms with Gasteiger partial charge in [-0.3, -0.25) is 9.59 Å². The predicted molar refractivity (Wildman–Crippen MR) is 98.5 cm³/mol. The maximum atomic E-state index is 12.3. The lowest BCUT2D eigenvalue weighted by atomic mass is 9.99. The number of fused-ring (bicyclic) bond motifs is 1. The Morgan fingerprint density at radius 2 is 1.82 bits per heavy atom. The van der Waals surface area contributed by atoms with E-state index in [1.165, 1.54) is 31.2 Å². The molecule has 1 aliphatic rings. The molecule has 0 saturated heterocycles. The molecule has 28 heavy (non-hydrogen) atoms. The van der Waals surface area contributed by atoms with Crippen molar-refractivity contribution >= 4 is 29.4 Å². The zero-order valence-corrected chi connectivity index (χ0v) is 15.0. The molecule has 8 nitrogen and oxygen atoms in total. The highest BCUT2D eigenvalue weighted by Crippen LogP contribution is 2.21. The summed E-state index contributed by atoms with van der Waals surface area (Å²) in [6.07, 6.45) is -2.03. The Bertz CT molecular complexity index is 938. The lowest BCUT2D eigenvalue weighted by Crippen LogP contribution is -2.39. The molecule has 0 fully saturated rings. The molecule has 2 atom stereocenters. The fraction of sp³-hybridized carbons (Fsp3) is 0.200. The van der Waals surface area contributed by atoms with Crippen LogP contribution in [0.2, 0.25) is 0 Å². The van der Waals surface area contributed by atoms with Crippen LogP contribution in [0, 0.1) is 0 Å². The van der Waals surface area contributed by atoms with E-state index >= 15 is 0 Å². The van der Waals surface area contributed by atoms with E-state index in [1.807, 2.05) is 0 Å². The normalized spacial score (nSPS) is 16.3. The molecule has 0 unspecified atom stereocenters. The number of carbonyl (C=O) groups excluding carboxylic acids is 4. The summed E-state index contributed by atoms with van der Waals surface area (Å²) in [5.41, 5.74) is 6.98. The van der Waals surface area contributed by atoms with Gasteiger partial charge in [0.25, 0.3) is 5.91 Å². The van der Waals surface area contributed by atoms with E-state index < -0.39 is 36.0 Å². The molecule has 8 heteroatoms. The van der Waals surface area contributed by atoms with Crippen molar-refractivity contribution in [1.82, 2.24) is 0 Å². The number of carbonyl (C=O) groups is 4. The summed E-state index contributed by atoms with van der Waals surface area (Å²) in [6.45, 7) is 1.41. The number of ether oxygens (including phenoxy) is 2. The SMILES string of the molecule is C[C@@H](OC(=O)[C@H]1Cc2ccccc2C(=O)O1)C(=O)Nc1ccc(C(N)=O)cc1. The fourth-order valence-electron chi connectivity index (χ4n) is 2.73. The number of nitrogens with two attached hydrogens (primary N) is 1. The van der Waals surface area contributed by atoms with Crippen LogP contribution in [0.15, 0.2) is 48.5 Å². The van der Waals surface area contributed by atoms with Crippen LogP contribution >= 0.6 is 0 Å². The average Bonchev–Trinajstić information content (AvgIpc) is 2.68. The highest BCUT2D eigenvalue weighted by Gasteiger charge is 2.33. The number of rotatable bonds is 5. The maximum absolute atomic E-state index is 12.3. The minimum atomic E-state index is -1.11. The number of esters is 2. The summed E-state index contributed by atoms with van der Waals surface area (Å²) in [5.74, 6) is -2.54. The van der Waals surface area contributed by atoms with Gasteiger partial charge in [-0.2, -0.15) is 0 Å². The molecule has 2 aromatic rings. The zero-order valence-electron chi connectivity index (χ0n) is 15.0. The lowest BCUT2D eigenvalue weighted by molar-refractivity contribution is -0.162. The number of anilines is 1. The van der Waals surface area contributed by atoms with Gasteiger partial charge in [-0.1, -0.05) is 18.2 Å². The van der Waals surface area contributed by atoms with Crippen LogP contribution in [0.4, 0.5) is 5.69 Å². The van der Waals surface area contributed by atoms with Gasteiger partial charge in [0.2, 0.25) is 12.0 Å². The molecule has 2 aromatic carbocycles. The van der Waals surface area contributed by atoms with Gasteiger partial charge < -0.3 is 20.5 Å². The molecule has 1 heterocycles. The number of amides is 2. The highest BCUT2D eigenvalue weighted by atomic mass is 16.6. The topological polar surface area (TPSA) is 125 Å². The van der Waals surface area contributed by atoms with E-state index in [4.69, 9.17) is 15.2 Å². The quantitative estimate of drug-likeness (QED) is 0.754. The molecule has 1 aliphatic heterocycles. The van der Waals surface area contributed by atoms with Crippen molar-refractivity contribution in [2.45, 2.75) is 25.6 Å². The first-order valence-electron chi connectivity index (χ1n) is 8.55. The minimum Gasteiger partial charge on any atom is -0.450 e. The lowest BCUT2D eigenvalue weighted by Gasteiger charge is -2.24. The number of primary amides is 1. The molecule has 3 N–H and O–H groups in total. The van der Waals surface area contributed by atoms with E-state index in [9.17, 15) is 19.2 Å². The Morgan fingerprint density at radius 3 is 2.50 bits per heavy atom. The summed E-state index contributed by atoms with van der Waals surface area (Å²) in [5, 5.41) is 2.56. The van der Waals surface area contributed by atoms with Gasteiger partial charge in [0.15, 0.2) is 6.10 Å². The second-order valence-corrected chi connectivity index (χ2v) is 6.27. The smallest absolute Gasteiger partial charge is 0.348 e. The van der Waals surface area contributed by atoms with Gasteiger partial charge in [-0.15, -0.1) is 0 Å². The fourth-order valence-corrected chi connectivity index (χ4v) is 2.73. The van der Waals surface area contributed by atoms with Crippen LogP contribution in [0.1, 0.15) is 33.2 Å². The third kappa shape index (κ3) is 4.17. The van der Waals surface area contributed by atoms with Crippen molar-refractivity contribution in [1.29, 1.82) is 0 Å². The van der Waals surface area contributed by atoms with Gasteiger partial charge in [-0.25, -0.2) is 9.59 Å². The number of nitrogens with one attached hydrogen (secondary N) is 1. The molecular formula is C20H18N2O6. The minimum absolute atomic E-state index is 0.184. The molecule has 0 aliphatic carbocycles. The summed E-state index contributed by atoms with van der Waals surface area (Å²) in [4.78, 5) is 47.6. The first-order chi connectivity index (χ1) is 13.3. The Hall–Kier alpha value is -3.68. The summed E-state index contributed by atoms with van der Waals surface area (Å²) >= 11 is 0. The van der Waals surface area contributed by atoms with E-state index in [0.717, 1.165) is 0 Å². The highest BCUT2D eigenvalue weighted by molar-refractivity contribution is 5.98. The van der Waals surface area contributed by atoms with E-state index in [2.05, 4.69) is 5.32 Å². The van der Waals surface area contributed by atoms with E-state index in [1.54, 1.807) is 24.3 Å². The van der Waals surface area contributed by atoms with Crippen LogP contribution in [0.25, 0.3) is 0 Å². The molecular weight excluding hydrogens is 364 g/mol. The number of benzene rings is 2. The maximum Gasteiger partial charge on any atom is 0.348 e. The van der Waals surface area contributed by atoms with Crippen molar-refractivity contribution in [2.24, 2.45) is 5.73 Å². The predicted octanol–water partition coefficient (Wildman–Crippen LogP) is 1.44. The molecule has 0 bridgehead atoms. The largest absolute Gasteiger partial charge is 0.450 e. The number of cyclic esters (lactones) is 1. The van der Waals surface area contributed by atoms with Crippen molar-refractivity contribution in [2.75, 3.05) is 5.32 Å². The third-order valence-electron chi connectivity index (χ3n) is 4.25. The molecule has 0 saturated carbocycles. The second-order valence-electron chi connectivity index (χ2n) is 6.27. The van der Waals surface area contributed by atoms with Crippen molar-refractivity contribution < 1.29 is 28.7 Å². The van der Waals surface area contributed by atoms with Gasteiger partial charge in [-0.05, 0) is 42.8 Å². The van der Waals surface area contributed by atoms with Crippen molar-refractivity contribution in [3.8, 4) is 0 Å². The molecule has 0 aromatic heterocycles. The summed E-state index contributed by atoms with van der Waals surface area (Å²) < 4.78 is 10.3. The summed E-state index contributed by atoms with van der Waals surface area (Å²) in [7, 11) is 0. The Balaban J connectivity index is 1.58.